The highest BCUT2D eigenvalue weighted by Crippen LogP contribution is 2.40. The molecular formula is C13H18ClN3OS. The number of aromatic nitrogens is 1. The van der Waals surface area contributed by atoms with Gasteiger partial charge >= 0.3 is 0 Å². The number of nitrogens with zero attached hydrogens (tertiary/aromatic N) is 2. The minimum Gasteiger partial charge on any atom is -0.388 e. The Hall–Kier alpha value is -0.830. The largest absolute Gasteiger partial charge is 0.388 e. The lowest BCUT2D eigenvalue weighted by Gasteiger charge is -2.40. The average molecular weight is 300 g/mol. The Morgan fingerprint density at radius 2 is 2.05 bits per heavy atom. The van der Waals surface area contributed by atoms with Crippen molar-refractivity contribution in [3.63, 3.8) is 0 Å². The number of hydrogen-bond donors (Lipinski definition) is 2. The topological polar surface area (TPSA) is 68.9 Å². The quantitative estimate of drug-likeness (QED) is 0.897. The fraction of sp³-hybridized carbons (Fsp3) is 0.692. The van der Waals surface area contributed by atoms with Crippen LogP contribution in [0.25, 0.3) is 0 Å². The Labute approximate surface area is 122 Å². The molecule has 104 valence electrons. The molecule has 6 heteroatoms. The maximum atomic E-state index is 10.5. The summed E-state index contributed by atoms with van der Waals surface area (Å²) in [5.41, 5.74) is -0.356. The van der Waals surface area contributed by atoms with Crippen molar-refractivity contribution < 1.29 is 5.11 Å². The molecule has 2 rings (SSSR count). The van der Waals surface area contributed by atoms with Gasteiger partial charge in [-0.25, -0.2) is 4.98 Å². The van der Waals surface area contributed by atoms with Gasteiger partial charge in [-0.1, -0.05) is 36.8 Å². The van der Waals surface area contributed by atoms with Crippen LogP contribution in [0.3, 0.4) is 0 Å². The number of hydrogen-bond acceptors (Lipinski definition) is 5. The van der Waals surface area contributed by atoms with Crippen molar-refractivity contribution in [2.45, 2.75) is 45.1 Å². The highest BCUT2D eigenvalue weighted by atomic mass is 35.5. The van der Waals surface area contributed by atoms with Crippen LogP contribution in [0.5, 0.6) is 0 Å². The summed E-state index contributed by atoms with van der Waals surface area (Å²) in [5, 5.41) is 23.3. The smallest absolute Gasteiger partial charge is 0.185 e. The zero-order valence-corrected chi connectivity index (χ0v) is 12.7. The van der Waals surface area contributed by atoms with Gasteiger partial charge in [0.2, 0.25) is 0 Å². The standard InChI is InChI=1S/C13H18ClN3OS/c1-12(2)3-5-13(18,6-4-12)8-16-11-17-10(14)9(7-15)19-11/h18H,3-6,8H2,1-2H3,(H,16,17). The molecule has 0 unspecified atom stereocenters. The van der Waals surface area contributed by atoms with Crippen molar-refractivity contribution in [1.82, 2.24) is 4.98 Å². The maximum absolute atomic E-state index is 10.5. The lowest BCUT2D eigenvalue weighted by Crippen LogP contribution is -2.42. The van der Waals surface area contributed by atoms with E-state index in [2.05, 4.69) is 24.1 Å². The first-order valence-corrected chi connectivity index (χ1v) is 7.56. The van der Waals surface area contributed by atoms with E-state index in [9.17, 15) is 5.11 Å². The number of halogens is 1. The van der Waals surface area contributed by atoms with Gasteiger partial charge in [0.25, 0.3) is 0 Å². The molecular weight excluding hydrogens is 282 g/mol. The van der Waals surface area contributed by atoms with Gasteiger partial charge in [-0.05, 0) is 31.1 Å². The lowest BCUT2D eigenvalue weighted by atomic mass is 9.71. The highest BCUT2D eigenvalue weighted by molar-refractivity contribution is 7.16. The molecule has 1 aliphatic carbocycles. The van der Waals surface area contributed by atoms with Gasteiger partial charge in [-0.2, -0.15) is 5.26 Å². The number of anilines is 1. The molecule has 0 radical (unpaired) electrons. The van der Waals surface area contributed by atoms with E-state index in [0.717, 1.165) is 25.7 Å². The first-order valence-electron chi connectivity index (χ1n) is 6.36. The van der Waals surface area contributed by atoms with Crippen LogP contribution in [-0.2, 0) is 0 Å². The Kier molecular flexibility index (Phi) is 4.05. The van der Waals surface area contributed by atoms with Gasteiger partial charge in [0.15, 0.2) is 10.3 Å². The molecule has 19 heavy (non-hydrogen) atoms. The van der Waals surface area contributed by atoms with Crippen molar-refractivity contribution in [2.24, 2.45) is 5.41 Å². The summed E-state index contributed by atoms with van der Waals surface area (Å²) < 4.78 is 0. The van der Waals surface area contributed by atoms with Crippen LogP contribution in [0.2, 0.25) is 5.15 Å². The van der Waals surface area contributed by atoms with Crippen LogP contribution >= 0.6 is 22.9 Å². The van der Waals surface area contributed by atoms with Crippen molar-refractivity contribution in [3.8, 4) is 6.07 Å². The molecule has 1 aromatic heterocycles. The van der Waals surface area contributed by atoms with E-state index in [1.54, 1.807) is 0 Å². The number of aliphatic hydroxyl groups is 1. The summed E-state index contributed by atoms with van der Waals surface area (Å²) in [4.78, 5) is 4.47. The first-order chi connectivity index (χ1) is 8.84. The summed E-state index contributed by atoms with van der Waals surface area (Å²) in [6.07, 6.45) is 3.62. The van der Waals surface area contributed by atoms with Gasteiger partial charge < -0.3 is 10.4 Å². The number of thiazole rings is 1. The molecule has 1 aromatic rings. The third-order valence-electron chi connectivity index (χ3n) is 3.79. The van der Waals surface area contributed by atoms with Gasteiger partial charge in [-0.3, -0.25) is 0 Å². The molecule has 1 saturated carbocycles. The van der Waals surface area contributed by atoms with E-state index in [-0.39, 0.29) is 5.15 Å². The molecule has 0 saturated heterocycles. The maximum Gasteiger partial charge on any atom is 0.185 e. The van der Waals surface area contributed by atoms with Gasteiger partial charge in [-0.15, -0.1) is 0 Å². The Balaban J connectivity index is 1.93. The normalized spacial score (nSPS) is 20.8. The van der Waals surface area contributed by atoms with Crippen LogP contribution < -0.4 is 5.32 Å². The van der Waals surface area contributed by atoms with E-state index in [4.69, 9.17) is 16.9 Å². The summed E-state index contributed by atoms with van der Waals surface area (Å²) in [7, 11) is 0. The zero-order chi connectivity index (χ0) is 14.1. The van der Waals surface area contributed by atoms with Crippen molar-refractivity contribution in [2.75, 3.05) is 11.9 Å². The van der Waals surface area contributed by atoms with Crippen LogP contribution in [0.4, 0.5) is 5.13 Å². The second-order valence-electron chi connectivity index (χ2n) is 5.99. The van der Waals surface area contributed by atoms with Gasteiger partial charge in [0.1, 0.15) is 10.9 Å². The second-order valence-corrected chi connectivity index (χ2v) is 7.35. The second kappa shape index (κ2) is 5.28. The molecule has 4 nitrogen and oxygen atoms in total. The fourth-order valence-electron chi connectivity index (χ4n) is 2.26. The van der Waals surface area contributed by atoms with E-state index in [0.29, 0.717) is 22.0 Å². The van der Waals surface area contributed by atoms with E-state index >= 15 is 0 Å². The van der Waals surface area contributed by atoms with Crippen molar-refractivity contribution in [1.29, 1.82) is 5.26 Å². The molecule has 0 aliphatic heterocycles. The minimum absolute atomic E-state index is 0.228. The molecule has 1 aliphatic rings. The molecule has 2 N–H and O–H groups in total. The van der Waals surface area contributed by atoms with E-state index in [1.165, 1.54) is 11.3 Å². The predicted molar refractivity (Wildman–Crippen MR) is 77.5 cm³/mol. The fourth-order valence-corrected chi connectivity index (χ4v) is 3.20. The monoisotopic (exact) mass is 299 g/mol. The zero-order valence-electron chi connectivity index (χ0n) is 11.2. The molecule has 0 amide bonds. The first kappa shape index (κ1) is 14.6. The van der Waals surface area contributed by atoms with Gasteiger partial charge in [0, 0.05) is 6.54 Å². The molecule has 1 heterocycles. The Morgan fingerprint density at radius 3 is 2.58 bits per heavy atom. The number of rotatable bonds is 3. The van der Waals surface area contributed by atoms with Crippen LogP contribution in [0.15, 0.2) is 0 Å². The van der Waals surface area contributed by atoms with Crippen LogP contribution in [-0.4, -0.2) is 22.2 Å². The SMILES string of the molecule is CC1(C)CCC(O)(CNc2nc(Cl)c(C#N)s2)CC1. The Morgan fingerprint density at radius 1 is 1.42 bits per heavy atom. The van der Waals surface area contributed by atoms with Crippen LogP contribution in [0, 0.1) is 16.7 Å². The lowest BCUT2D eigenvalue weighted by molar-refractivity contribution is -0.0145. The summed E-state index contributed by atoms with van der Waals surface area (Å²) in [5.74, 6) is 0. The summed E-state index contributed by atoms with van der Waals surface area (Å²) in [6.45, 7) is 4.93. The van der Waals surface area contributed by atoms with Gasteiger partial charge in [0.05, 0.1) is 5.60 Å². The molecule has 0 bridgehead atoms. The molecule has 0 spiro atoms. The predicted octanol–water partition coefficient (Wildman–Crippen LogP) is 3.41. The average Bonchev–Trinajstić information content (AvgIpc) is 2.72. The van der Waals surface area contributed by atoms with E-state index in [1.807, 2.05) is 6.07 Å². The third-order valence-corrected chi connectivity index (χ3v) is 5.09. The summed E-state index contributed by atoms with van der Waals surface area (Å²) >= 11 is 7.03. The van der Waals surface area contributed by atoms with Crippen molar-refractivity contribution in [3.05, 3.63) is 10.0 Å². The van der Waals surface area contributed by atoms with Crippen molar-refractivity contribution >= 4 is 28.1 Å². The number of nitriles is 1. The summed E-state index contributed by atoms with van der Waals surface area (Å²) in [6, 6.07) is 2.00. The molecule has 0 atom stereocenters. The molecule has 0 aromatic carbocycles. The molecule has 1 fully saturated rings. The van der Waals surface area contributed by atoms with Crippen LogP contribution in [0.1, 0.15) is 44.4 Å². The van der Waals surface area contributed by atoms with E-state index < -0.39 is 5.60 Å². The number of nitrogens with one attached hydrogen (secondary N) is 1. The minimum atomic E-state index is -0.680. The third kappa shape index (κ3) is 3.59. The highest BCUT2D eigenvalue weighted by Gasteiger charge is 2.36. The Bertz CT molecular complexity index is 496.